The summed E-state index contributed by atoms with van der Waals surface area (Å²) in [4.78, 5) is 8.61. The number of rotatable bonds is 8. The second kappa shape index (κ2) is 9.08. The van der Waals surface area contributed by atoms with Gasteiger partial charge in [-0.1, -0.05) is 18.2 Å². The average Bonchev–Trinajstić information content (AvgIpc) is 2.70. The predicted molar refractivity (Wildman–Crippen MR) is 103 cm³/mol. The first-order valence-electron chi connectivity index (χ1n) is 8.76. The van der Waals surface area contributed by atoms with Crippen molar-refractivity contribution >= 4 is 11.4 Å². The molecule has 1 N–H and O–H groups in total. The van der Waals surface area contributed by atoms with Crippen LogP contribution < -0.4 is 5.32 Å². The fraction of sp³-hybridized carbons (Fsp3) is 0.238. The molecule has 2 aromatic heterocycles. The van der Waals surface area contributed by atoms with E-state index in [-0.39, 0.29) is 0 Å². The van der Waals surface area contributed by atoms with Crippen molar-refractivity contribution < 1.29 is 9.47 Å². The van der Waals surface area contributed by atoms with E-state index in [1.807, 2.05) is 56.4 Å². The molecule has 0 aliphatic carbocycles. The van der Waals surface area contributed by atoms with Gasteiger partial charge in [-0.3, -0.25) is 9.97 Å². The van der Waals surface area contributed by atoms with Gasteiger partial charge < -0.3 is 14.8 Å². The Morgan fingerprint density at radius 2 is 1.58 bits per heavy atom. The topological polar surface area (TPSA) is 56.3 Å². The number of pyridine rings is 2. The lowest BCUT2D eigenvalue weighted by molar-refractivity contribution is -0.142. The van der Waals surface area contributed by atoms with Crippen molar-refractivity contribution in [3.05, 3.63) is 72.8 Å². The summed E-state index contributed by atoms with van der Waals surface area (Å²) in [5.41, 5.74) is 4.91. The van der Waals surface area contributed by atoms with E-state index in [0.29, 0.717) is 13.2 Å². The Balaban J connectivity index is 1.67. The Kier molecular flexibility index (Phi) is 6.30. The van der Waals surface area contributed by atoms with Crippen LogP contribution in [0.4, 0.5) is 11.4 Å². The molecule has 0 atom stereocenters. The zero-order chi connectivity index (χ0) is 18.2. The van der Waals surface area contributed by atoms with Crippen molar-refractivity contribution in [1.29, 1.82) is 0 Å². The van der Waals surface area contributed by atoms with Crippen LogP contribution in [-0.4, -0.2) is 23.2 Å². The molecule has 0 spiro atoms. The van der Waals surface area contributed by atoms with E-state index in [9.17, 15) is 0 Å². The molecule has 0 saturated carbocycles. The molecular weight excluding hydrogens is 326 g/mol. The van der Waals surface area contributed by atoms with Gasteiger partial charge in [-0.2, -0.15) is 0 Å². The molecule has 134 valence electrons. The number of anilines is 2. The summed E-state index contributed by atoms with van der Waals surface area (Å²) in [5, 5.41) is 3.35. The molecule has 0 bridgehead atoms. The lowest BCUT2D eigenvalue weighted by Gasteiger charge is -2.16. The van der Waals surface area contributed by atoms with Crippen molar-refractivity contribution in [1.82, 2.24) is 9.97 Å². The zero-order valence-corrected chi connectivity index (χ0v) is 15.1. The number of benzene rings is 1. The third-order valence-corrected chi connectivity index (χ3v) is 3.83. The number of ether oxygens (including phenoxy) is 2. The standard InChI is InChI=1S/C21H23N3O2/c1-3-25-21(26-4-2)20-12-11-19(15-23-20)24-18-9-7-16(8-10-18)17-6-5-13-22-14-17/h5-15,21,24H,3-4H2,1-2H3. The molecule has 5 nitrogen and oxygen atoms in total. The summed E-state index contributed by atoms with van der Waals surface area (Å²) in [6.45, 7) is 5.04. The number of aromatic nitrogens is 2. The molecule has 1 aromatic carbocycles. The first kappa shape index (κ1) is 18.0. The quantitative estimate of drug-likeness (QED) is 0.583. The Labute approximate surface area is 154 Å². The van der Waals surface area contributed by atoms with E-state index >= 15 is 0 Å². The molecule has 0 unspecified atom stereocenters. The zero-order valence-electron chi connectivity index (χ0n) is 15.1. The van der Waals surface area contributed by atoms with Crippen LogP contribution in [-0.2, 0) is 9.47 Å². The molecule has 3 aromatic rings. The highest BCUT2D eigenvalue weighted by Gasteiger charge is 2.12. The summed E-state index contributed by atoms with van der Waals surface area (Å²) in [6, 6.07) is 16.1. The molecule has 5 heteroatoms. The lowest BCUT2D eigenvalue weighted by atomic mass is 10.1. The molecule has 0 aliphatic rings. The van der Waals surface area contributed by atoms with Crippen molar-refractivity contribution in [2.45, 2.75) is 20.1 Å². The normalized spacial score (nSPS) is 10.9. The largest absolute Gasteiger partial charge is 0.354 e. The van der Waals surface area contributed by atoms with Crippen molar-refractivity contribution in [2.24, 2.45) is 0 Å². The second-order valence-electron chi connectivity index (χ2n) is 5.66. The van der Waals surface area contributed by atoms with Crippen LogP contribution in [0.2, 0.25) is 0 Å². The summed E-state index contributed by atoms with van der Waals surface area (Å²) in [7, 11) is 0. The molecule has 3 rings (SSSR count). The Bertz CT molecular complexity index is 784. The maximum atomic E-state index is 5.57. The highest BCUT2D eigenvalue weighted by molar-refractivity contribution is 5.67. The van der Waals surface area contributed by atoms with Crippen LogP contribution in [0.15, 0.2) is 67.1 Å². The van der Waals surface area contributed by atoms with Gasteiger partial charge in [0.2, 0.25) is 6.29 Å². The predicted octanol–water partition coefficient (Wildman–Crippen LogP) is 4.96. The summed E-state index contributed by atoms with van der Waals surface area (Å²) in [5.74, 6) is 0. The van der Waals surface area contributed by atoms with Gasteiger partial charge in [-0.25, -0.2) is 0 Å². The average molecular weight is 349 g/mol. The van der Waals surface area contributed by atoms with Crippen LogP contribution in [0.5, 0.6) is 0 Å². The Morgan fingerprint density at radius 3 is 2.15 bits per heavy atom. The van der Waals surface area contributed by atoms with Gasteiger partial charge in [0.1, 0.15) is 0 Å². The minimum atomic E-state index is -0.419. The maximum Gasteiger partial charge on any atom is 0.201 e. The van der Waals surface area contributed by atoms with E-state index in [1.165, 1.54) is 0 Å². The Hall–Kier alpha value is -2.76. The van der Waals surface area contributed by atoms with Crippen LogP contribution in [0.25, 0.3) is 11.1 Å². The second-order valence-corrected chi connectivity index (χ2v) is 5.66. The number of nitrogens with zero attached hydrogens (tertiary/aromatic N) is 2. The monoisotopic (exact) mass is 349 g/mol. The molecule has 0 aliphatic heterocycles. The highest BCUT2D eigenvalue weighted by atomic mass is 16.7. The van der Waals surface area contributed by atoms with E-state index in [1.54, 1.807) is 12.4 Å². The van der Waals surface area contributed by atoms with Crippen molar-refractivity contribution in [3.8, 4) is 11.1 Å². The summed E-state index contributed by atoms with van der Waals surface area (Å²) in [6.07, 6.45) is 5.00. The van der Waals surface area contributed by atoms with Gasteiger partial charge >= 0.3 is 0 Å². The summed E-state index contributed by atoms with van der Waals surface area (Å²) >= 11 is 0. The van der Waals surface area contributed by atoms with Gasteiger partial charge in [0.25, 0.3) is 0 Å². The fourth-order valence-corrected chi connectivity index (χ4v) is 2.59. The maximum absolute atomic E-state index is 5.57. The molecule has 0 radical (unpaired) electrons. The first-order valence-corrected chi connectivity index (χ1v) is 8.76. The smallest absolute Gasteiger partial charge is 0.201 e. The van der Waals surface area contributed by atoms with Crippen LogP contribution in [0.1, 0.15) is 25.8 Å². The van der Waals surface area contributed by atoms with Crippen molar-refractivity contribution in [2.75, 3.05) is 18.5 Å². The van der Waals surface area contributed by atoms with Crippen LogP contribution in [0.3, 0.4) is 0 Å². The molecular formula is C21H23N3O2. The Morgan fingerprint density at radius 1 is 0.846 bits per heavy atom. The van der Waals surface area contributed by atoms with E-state index in [2.05, 4.69) is 27.4 Å². The van der Waals surface area contributed by atoms with Gasteiger partial charge in [-0.05, 0) is 55.3 Å². The third kappa shape index (κ3) is 4.65. The van der Waals surface area contributed by atoms with E-state index < -0.39 is 6.29 Å². The molecule has 0 saturated heterocycles. The molecule has 2 heterocycles. The van der Waals surface area contributed by atoms with Crippen LogP contribution >= 0.6 is 0 Å². The van der Waals surface area contributed by atoms with Gasteiger partial charge in [0.05, 0.1) is 17.6 Å². The minimum Gasteiger partial charge on any atom is -0.354 e. The van der Waals surface area contributed by atoms with Gasteiger partial charge in [0.15, 0.2) is 0 Å². The number of nitrogens with one attached hydrogen (secondary N) is 1. The van der Waals surface area contributed by atoms with Gasteiger partial charge in [0, 0.05) is 31.3 Å². The first-order chi connectivity index (χ1) is 12.8. The van der Waals surface area contributed by atoms with E-state index in [4.69, 9.17) is 9.47 Å². The molecule has 26 heavy (non-hydrogen) atoms. The molecule has 0 amide bonds. The lowest BCUT2D eigenvalue weighted by Crippen LogP contribution is -2.10. The van der Waals surface area contributed by atoms with E-state index in [0.717, 1.165) is 28.2 Å². The minimum absolute atomic E-state index is 0.419. The third-order valence-electron chi connectivity index (χ3n) is 3.83. The SMILES string of the molecule is CCOC(OCC)c1ccc(Nc2ccc(-c3cccnc3)cc2)cn1. The summed E-state index contributed by atoms with van der Waals surface area (Å²) < 4.78 is 11.1. The van der Waals surface area contributed by atoms with Gasteiger partial charge in [-0.15, -0.1) is 0 Å². The highest BCUT2D eigenvalue weighted by Crippen LogP contribution is 2.23. The van der Waals surface area contributed by atoms with Crippen LogP contribution in [0, 0.1) is 0 Å². The number of hydrogen-bond donors (Lipinski definition) is 1. The fourth-order valence-electron chi connectivity index (χ4n) is 2.59. The number of hydrogen-bond acceptors (Lipinski definition) is 5. The van der Waals surface area contributed by atoms with Crippen molar-refractivity contribution in [3.63, 3.8) is 0 Å². The molecule has 0 fully saturated rings.